The van der Waals surface area contributed by atoms with Gasteiger partial charge in [-0.15, -0.1) is 0 Å². The van der Waals surface area contributed by atoms with Gasteiger partial charge < -0.3 is 29.0 Å². The van der Waals surface area contributed by atoms with Crippen LogP contribution < -0.4 is 24.3 Å². The molecule has 8 nitrogen and oxygen atoms in total. The van der Waals surface area contributed by atoms with E-state index >= 15 is 0 Å². The number of carbonyl (C=O) groups is 2. The zero-order chi connectivity index (χ0) is 19.5. The van der Waals surface area contributed by atoms with Crippen molar-refractivity contribution < 1.29 is 33.3 Å². The molecule has 0 radical (unpaired) electrons. The van der Waals surface area contributed by atoms with Crippen LogP contribution in [0.4, 0.5) is 0 Å². The Balaban J connectivity index is 1.28. The summed E-state index contributed by atoms with van der Waals surface area (Å²) in [6, 6.07) is 12.5. The van der Waals surface area contributed by atoms with Gasteiger partial charge in [-0.2, -0.15) is 0 Å². The van der Waals surface area contributed by atoms with Crippen LogP contribution in [-0.4, -0.2) is 37.5 Å². The molecule has 1 N–H and O–H groups in total. The molecule has 0 saturated carbocycles. The first kappa shape index (κ1) is 18.0. The lowest BCUT2D eigenvalue weighted by atomic mass is 10.2. The van der Waals surface area contributed by atoms with Crippen molar-refractivity contribution in [1.29, 1.82) is 0 Å². The van der Waals surface area contributed by atoms with Crippen LogP contribution in [0.5, 0.6) is 23.0 Å². The number of hydrogen-bond donors (Lipinski definition) is 1. The van der Waals surface area contributed by atoms with Gasteiger partial charge in [0, 0.05) is 6.54 Å². The average Bonchev–Trinajstić information content (AvgIpc) is 3.19. The average molecular weight is 385 g/mol. The SMILES string of the molecule is C[C@@H](OC(=O)[C@@H]1COc2ccccc2O1)C(=O)NCc1ccc2c(c1)OCO2. The molecule has 0 fully saturated rings. The Morgan fingerprint density at radius 2 is 1.82 bits per heavy atom. The predicted molar refractivity (Wildman–Crippen MR) is 96.3 cm³/mol. The van der Waals surface area contributed by atoms with Gasteiger partial charge in [0.2, 0.25) is 12.9 Å². The highest BCUT2D eigenvalue weighted by Crippen LogP contribution is 2.32. The van der Waals surface area contributed by atoms with Crippen LogP contribution in [-0.2, 0) is 20.9 Å². The summed E-state index contributed by atoms with van der Waals surface area (Å²) >= 11 is 0. The fraction of sp³-hybridized carbons (Fsp3) is 0.300. The third kappa shape index (κ3) is 3.80. The Hall–Kier alpha value is -3.42. The summed E-state index contributed by atoms with van der Waals surface area (Å²) in [5, 5.41) is 2.73. The molecule has 0 aromatic heterocycles. The number of hydrogen-bond acceptors (Lipinski definition) is 7. The molecule has 0 unspecified atom stereocenters. The summed E-state index contributed by atoms with van der Waals surface area (Å²) < 4.78 is 26.9. The molecule has 2 heterocycles. The van der Waals surface area contributed by atoms with Crippen molar-refractivity contribution in [1.82, 2.24) is 5.32 Å². The van der Waals surface area contributed by atoms with Gasteiger partial charge in [-0.25, -0.2) is 4.79 Å². The highest BCUT2D eigenvalue weighted by atomic mass is 16.7. The molecule has 2 aliphatic heterocycles. The van der Waals surface area contributed by atoms with E-state index < -0.39 is 24.1 Å². The van der Waals surface area contributed by atoms with E-state index in [9.17, 15) is 9.59 Å². The first-order chi connectivity index (χ1) is 13.6. The minimum Gasteiger partial charge on any atom is -0.485 e. The van der Waals surface area contributed by atoms with Crippen LogP contribution in [0.15, 0.2) is 42.5 Å². The van der Waals surface area contributed by atoms with Crippen molar-refractivity contribution in [3.05, 3.63) is 48.0 Å². The van der Waals surface area contributed by atoms with Crippen molar-refractivity contribution in [2.24, 2.45) is 0 Å². The second-order valence-corrected chi connectivity index (χ2v) is 6.35. The van der Waals surface area contributed by atoms with Gasteiger partial charge in [-0.3, -0.25) is 4.79 Å². The summed E-state index contributed by atoms with van der Waals surface area (Å²) in [6.07, 6.45) is -1.89. The van der Waals surface area contributed by atoms with Crippen LogP contribution >= 0.6 is 0 Å². The molecule has 2 aromatic carbocycles. The van der Waals surface area contributed by atoms with Gasteiger partial charge in [0.05, 0.1) is 0 Å². The minimum atomic E-state index is -0.970. The number of nitrogens with one attached hydrogen (secondary N) is 1. The number of benzene rings is 2. The Morgan fingerprint density at radius 1 is 1.07 bits per heavy atom. The van der Waals surface area contributed by atoms with Crippen molar-refractivity contribution in [3.8, 4) is 23.0 Å². The van der Waals surface area contributed by atoms with Crippen molar-refractivity contribution in [2.45, 2.75) is 25.7 Å². The molecule has 0 saturated heterocycles. The van der Waals surface area contributed by atoms with Crippen molar-refractivity contribution in [3.63, 3.8) is 0 Å². The normalized spacial score (nSPS) is 17.5. The monoisotopic (exact) mass is 385 g/mol. The summed E-state index contributed by atoms with van der Waals surface area (Å²) in [6.45, 7) is 2.00. The van der Waals surface area contributed by atoms with E-state index in [1.54, 1.807) is 30.3 Å². The molecule has 4 rings (SSSR count). The number of fused-ring (bicyclic) bond motifs is 2. The van der Waals surface area contributed by atoms with E-state index in [0.29, 0.717) is 23.0 Å². The number of ether oxygens (including phenoxy) is 5. The smallest absolute Gasteiger partial charge is 0.351 e. The lowest BCUT2D eigenvalue weighted by Gasteiger charge is -2.25. The lowest BCUT2D eigenvalue weighted by Crippen LogP contribution is -2.42. The summed E-state index contributed by atoms with van der Waals surface area (Å²) in [7, 11) is 0. The second kappa shape index (κ2) is 7.67. The van der Waals surface area contributed by atoms with Gasteiger partial charge in [0.1, 0.15) is 6.61 Å². The summed E-state index contributed by atoms with van der Waals surface area (Å²) in [5.41, 5.74) is 0.844. The molecule has 146 valence electrons. The zero-order valence-electron chi connectivity index (χ0n) is 15.2. The molecular formula is C20H19NO7. The van der Waals surface area contributed by atoms with Crippen LogP contribution in [0, 0.1) is 0 Å². The summed E-state index contributed by atoms with van der Waals surface area (Å²) in [5.74, 6) is 1.29. The number of esters is 1. The fourth-order valence-electron chi connectivity index (χ4n) is 2.82. The topological polar surface area (TPSA) is 92.3 Å². The molecule has 28 heavy (non-hydrogen) atoms. The standard InChI is InChI=1S/C20H19NO7/c1-12(19(22)21-9-13-6-7-15-17(8-13)26-11-25-15)27-20(23)18-10-24-14-4-2-3-5-16(14)28-18/h2-8,12,18H,9-11H2,1H3,(H,21,22)/t12-,18+/m1/s1. The third-order valence-corrected chi connectivity index (χ3v) is 4.34. The minimum absolute atomic E-state index is 0.0291. The van der Waals surface area contributed by atoms with Crippen molar-refractivity contribution in [2.75, 3.05) is 13.4 Å². The van der Waals surface area contributed by atoms with Crippen LogP contribution in [0.3, 0.4) is 0 Å². The second-order valence-electron chi connectivity index (χ2n) is 6.35. The van der Waals surface area contributed by atoms with E-state index in [1.165, 1.54) is 6.92 Å². The Kier molecular flexibility index (Phi) is 4.92. The Morgan fingerprint density at radius 3 is 2.68 bits per heavy atom. The van der Waals surface area contributed by atoms with Gasteiger partial charge in [0.15, 0.2) is 29.1 Å². The van der Waals surface area contributed by atoms with E-state index in [1.807, 2.05) is 12.1 Å². The van der Waals surface area contributed by atoms with Crippen LogP contribution in [0.2, 0.25) is 0 Å². The molecule has 2 aromatic rings. The fourth-order valence-corrected chi connectivity index (χ4v) is 2.82. The molecule has 2 atom stereocenters. The molecule has 2 aliphatic rings. The van der Waals surface area contributed by atoms with Gasteiger partial charge in [0.25, 0.3) is 5.91 Å². The molecule has 0 bridgehead atoms. The van der Waals surface area contributed by atoms with Crippen molar-refractivity contribution >= 4 is 11.9 Å². The highest BCUT2D eigenvalue weighted by molar-refractivity contribution is 5.84. The zero-order valence-corrected chi connectivity index (χ0v) is 15.2. The lowest BCUT2D eigenvalue weighted by molar-refractivity contribution is -0.163. The molecule has 0 spiro atoms. The largest absolute Gasteiger partial charge is 0.485 e. The van der Waals surface area contributed by atoms with Gasteiger partial charge >= 0.3 is 5.97 Å². The predicted octanol–water partition coefficient (Wildman–Crippen LogP) is 1.80. The molecular weight excluding hydrogens is 366 g/mol. The Labute approximate surface area is 161 Å². The van der Waals surface area contributed by atoms with E-state index in [0.717, 1.165) is 5.56 Å². The number of carbonyl (C=O) groups excluding carboxylic acids is 2. The van der Waals surface area contributed by atoms with Crippen LogP contribution in [0.25, 0.3) is 0 Å². The maximum absolute atomic E-state index is 12.3. The van der Waals surface area contributed by atoms with Crippen LogP contribution in [0.1, 0.15) is 12.5 Å². The third-order valence-electron chi connectivity index (χ3n) is 4.34. The number of amides is 1. The number of para-hydroxylation sites is 2. The van der Waals surface area contributed by atoms with E-state index in [2.05, 4.69) is 5.32 Å². The maximum Gasteiger partial charge on any atom is 0.351 e. The molecule has 1 amide bonds. The van der Waals surface area contributed by atoms with E-state index in [-0.39, 0.29) is 19.9 Å². The van der Waals surface area contributed by atoms with Gasteiger partial charge in [-0.05, 0) is 36.8 Å². The van der Waals surface area contributed by atoms with Gasteiger partial charge in [-0.1, -0.05) is 18.2 Å². The quantitative estimate of drug-likeness (QED) is 0.785. The first-order valence-electron chi connectivity index (χ1n) is 8.85. The molecule has 8 heteroatoms. The summed E-state index contributed by atoms with van der Waals surface area (Å²) in [4.78, 5) is 24.5. The maximum atomic E-state index is 12.3. The number of rotatable bonds is 5. The first-order valence-corrected chi connectivity index (χ1v) is 8.85. The highest BCUT2D eigenvalue weighted by Gasteiger charge is 2.31. The van der Waals surface area contributed by atoms with E-state index in [4.69, 9.17) is 23.7 Å². The Bertz CT molecular complexity index is 898. The molecule has 0 aliphatic carbocycles.